The largest absolute Gasteiger partial charge is 0.306 e. The average Bonchev–Trinajstić information content (AvgIpc) is 2.50. The van der Waals surface area contributed by atoms with Crippen LogP contribution in [0.1, 0.15) is 13.8 Å². The maximum absolute atomic E-state index is 11.9. The quantitative estimate of drug-likeness (QED) is 0.725. The fourth-order valence-electron chi connectivity index (χ4n) is 1.73. The molecule has 3 aromatic rings. The van der Waals surface area contributed by atoms with E-state index in [-0.39, 0.29) is 5.56 Å². The molecule has 0 saturated carbocycles. The minimum Gasteiger partial charge on any atom is -0.306 e. The fourth-order valence-corrected chi connectivity index (χ4v) is 1.73. The van der Waals surface area contributed by atoms with Crippen LogP contribution in [0.15, 0.2) is 53.6 Å². The van der Waals surface area contributed by atoms with E-state index in [1.54, 1.807) is 18.5 Å². The molecule has 0 amide bonds. The zero-order valence-corrected chi connectivity index (χ0v) is 10.9. The second-order valence-corrected chi connectivity index (χ2v) is 3.67. The molecule has 0 atom stereocenters. The number of nitrogens with zero attached hydrogens (tertiary/aromatic N) is 2. The smallest absolute Gasteiger partial charge is 0.259 e. The van der Waals surface area contributed by atoms with Crippen molar-refractivity contribution in [1.82, 2.24) is 15.0 Å². The number of hydrogen-bond donors (Lipinski definition) is 1. The molecule has 4 nitrogen and oxygen atoms in total. The van der Waals surface area contributed by atoms with Gasteiger partial charge in [0.15, 0.2) is 0 Å². The predicted molar refractivity (Wildman–Crippen MR) is 76.9 cm³/mol. The van der Waals surface area contributed by atoms with Gasteiger partial charge in [0.1, 0.15) is 5.82 Å². The molecule has 1 aromatic carbocycles. The van der Waals surface area contributed by atoms with Crippen molar-refractivity contribution in [2.45, 2.75) is 13.8 Å². The van der Waals surface area contributed by atoms with E-state index in [1.165, 1.54) is 0 Å². The third kappa shape index (κ3) is 2.68. The van der Waals surface area contributed by atoms with Crippen molar-refractivity contribution < 1.29 is 0 Å². The van der Waals surface area contributed by atoms with Gasteiger partial charge in [0.25, 0.3) is 5.56 Å². The zero-order chi connectivity index (χ0) is 13.7. The van der Waals surface area contributed by atoms with Gasteiger partial charge in [-0.1, -0.05) is 26.0 Å². The van der Waals surface area contributed by atoms with Gasteiger partial charge < -0.3 is 4.98 Å². The molecule has 2 aromatic heterocycles. The molecular weight excluding hydrogens is 238 g/mol. The van der Waals surface area contributed by atoms with Gasteiger partial charge in [0.2, 0.25) is 0 Å². The molecule has 0 aliphatic carbocycles. The zero-order valence-electron chi connectivity index (χ0n) is 10.9. The van der Waals surface area contributed by atoms with Crippen molar-refractivity contribution in [3.63, 3.8) is 0 Å². The number of aromatic amines is 1. The lowest BCUT2D eigenvalue weighted by atomic mass is 10.2. The minimum absolute atomic E-state index is 0.130. The van der Waals surface area contributed by atoms with Gasteiger partial charge in [-0.15, -0.1) is 0 Å². The number of rotatable bonds is 1. The van der Waals surface area contributed by atoms with Crippen molar-refractivity contribution in [3.8, 4) is 11.4 Å². The lowest BCUT2D eigenvalue weighted by Gasteiger charge is -2.01. The van der Waals surface area contributed by atoms with Crippen molar-refractivity contribution in [3.05, 3.63) is 59.1 Å². The van der Waals surface area contributed by atoms with E-state index in [0.29, 0.717) is 16.7 Å². The maximum Gasteiger partial charge on any atom is 0.259 e. The summed E-state index contributed by atoms with van der Waals surface area (Å²) < 4.78 is 0. The number of pyridine rings is 1. The summed E-state index contributed by atoms with van der Waals surface area (Å²) in [6.45, 7) is 4.00. The molecule has 19 heavy (non-hydrogen) atoms. The van der Waals surface area contributed by atoms with E-state index in [4.69, 9.17) is 0 Å². The molecule has 0 saturated heterocycles. The van der Waals surface area contributed by atoms with Crippen LogP contribution in [-0.4, -0.2) is 15.0 Å². The van der Waals surface area contributed by atoms with Crippen LogP contribution in [-0.2, 0) is 0 Å². The SMILES string of the molecule is CC.O=c1[nH]c(-c2cccnc2)nc2ccccc12. The van der Waals surface area contributed by atoms with Crippen molar-refractivity contribution in [1.29, 1.82) is 0 Å². The Kier molecular flexibility index (Phi) is 4.03. The van der Waals surface area contributed by atoms with Gasteiger partial charge in [-0.05, 0) is 24.3 Å². The number of fused-ring (bicyclic) bond motifs is 1. The molecular formula is C15H15N3O. The Balaban J connectivity index is 0.000000637. The van der Waals surface area contributed by atoms with Crippen LogP contribution in [0.5, 0.6) is 0 Å². The highest BCUT2D eigenvalue weighted by Gasteiger charge is 2.04. The molecule has 0 radical (unpaired) electrons. The average molecular weight is 253 g/mol. The first-order valence-corrected chi connectivity index (χ1v) is 6.24. The summed E-state index contributed by atoms with van der Waals surface area (Å²) >= 11 is 0. The Bertz CT molecular complexity index is 720. The predicted octanol–water partition coefficient (Wildman–Crippen LogP) is 3.01. The van der Waals surface area contributed by atoms with Crippen LogP contribution < -0.4 is 5.56 Å². The second kappa shape index (κ2) is 5.91. The summed E-state index contributed by atoms with van der Waals surface area (Å²) in [5.41, 5.74) is 1.36. The maximum atomic E-state index is 11.9. The molecule has 0 bridgehead atoms. The van der Waals surface area contributed by atoms with Gasteiger partial charge in [-0.2, -0.15) is 0 Å². The van der Waals surface area contributed by atoms with Crippen LogP contribution in [0.3, 0.4) is 0 Å². The van der Waals surface area contributed by atoms with Crippen LogP contribution >= 0.6 is 0 Å². The molecule has 0 aliphatic rings. The molecule has 96 valence electrons. The number of para-hydroxylation sites is 1. The standard InChI is InChI=1S/C13H9N3O.C2H6/c17-13-10-5-1-2-6-11(10)15-12(16-13)9-4-3-7-14-8-9;1-2/h1-8H,(H,15,16,17);1-2H3. The summed E-state index contributed by atoms with van der Waals surface area (Å²) in [6, 6.07) is 10.9. The third-order valence-corrected chi connectivity index (χ3v) is 2.55. The molecule has 0 aliphatic heterocycles. The molecule has 4 heteroatoms. The van der Waals surface area contributed by atoms with E-state index in [0.717, 1.165) is 5.56 Å². The van der Waals surface area contributed by atoms with Crippen LogP contribution in [0.4, 0.5) is 0 Å². The van der Waals surface area contributed by atoms with E-state index >= 15 is 0 Å². The number of hydrogen-bond acceptors (Lipinski definition) is 3. The van der Waals surface area contributed by atoms with Crippen molar-refractivity contribution in [2.75, 3.05) is 0 Å². The summed E-state index contributed by atoms with van der Waals surface area (Å²) in [4.78, 5) is 23.0. The number of benzene rings is 1. The minimum atomic E-state index is -0.130. The Morgan fingerprint density at radius 1 is 1.05 bits per heavy atom. The lowest BCUT2D eigenvalue weighted by Crippen LogP contribution is -2.09. The van der Waals surface area contributed by atoms with E-state index in [9.17, 15) is 4.79 Å². The molecule has 0 spiro atoms. The lowest BCUT2D eigenvalue weighted by molar-refractivity contribution is 1.17. The fraction of sp³-hybridized carbons (Fsp3) is 0.133. The molecule has 1 N–H and O–H groups in total. The van der Waals surface area contributed by atoms with Gasteiger partial charge in [0.05, 0.1) is 10.9 Å². The summed E-state index contributed by atoms with van der Waals surface area (Å²) in [6.07, 6.45) is 3.36. The highest BCUT2D eigenvalue weighted by Crippen LogP contribution is 2.14. The first-order valence-electron chi connectivity index (χ1n) is 6.24. The van der Waals surface area contributed by atoms with Crippen LogP contribution in [0.2, 0.25) is 0 Å². The molecule has 0 fully saturated rings. The Morgan fingerprint density at radius 2 is 1.84 bits per heavy atom. The highest BCUT2D eigenvalue weighted by atomic mass is 16.1. The normalized spacial score (nSPS) is 9.79. The third-order valence-electron chi connectivity index (χ3n) is 2.55. The Hall–Kier alpha value is -2.49. The van der Waals surface area contributed by atoms with Crippen molar-refractivity contribution >= 4 is 10.9 Å². The monoisotopic (exact) mass is 253 g/mol. The van der Waals surface area contributed by atoms with E-state index < -0.39 is 0 Å². The van der Waals surface area contributed by atoms with Crippen LogP contribution in [0, 0.1) is 0 Å². The first kappa shape index (κ1) is 13.0. The molecule has 2 heterocycles. The van der Waals surface area contributed by atoms with Gasteiger partial charge in [-0.3, -0.25) is 9.78 Å². The van der Waals surface area contributed by atoms with Gasteiger partial charge in [-0.25, -0.2) is 4.98 Å². The van der Waals surface area contributed by atoms with Crippen LogP contribution in [0.25, 0.3) is 22.3 Å². The molecule has 3 rings (SSSR count). The number of aromatic nitrogens is 3. The molecule has 0 unspecified atom stereocenters. The Morgan fingerprint density at radius 3 is 2.58 bits per heavy atom. The topological polar surface area (TPSA) is 58.6 Å². The first-order chi connectivity index (χ1) is 9.34. The highest BCUT2D eigenvalue weighted by molar-refractivity contribution is 5.79. The summed E-state index contributed by atoms with van der Waals surface area (Å²) in [5, 5.41) is 0.597. The van der Waals surface area contributed by atoms with Crippen molar-refractivity contribution in [2.24, 2.45) is 0 Å². The Labute approximate surface area is 111 Å². The van der Waals surface area contributed by atoms with Gasteiger partial charge >= 0.3 is 0 Å². The summed E-state index contributed by atoms with van der Waals surface area (Å²) in [7, 11) is 0. The number of H-pyrrole nitrogens is 1. The number of nitrogens with one attached hydrogen (secondary N) is 1. The second-order valence-electron chi connectivity index (χ2n) is 3.67. The van der Waals surface area contributed by atoms with Gasteiger partial charge in [0, 0.05) is 18.0 Å². The summed E-state index contributed by atoms with van der Waals surface area (Å²) in [5.74, 6) is 0.543. The van der Waals surface area contributed by atoms with E-state index in [2.05, 4.69) is 15.0 Å². The van der Waals surface area contributed by atoms with E-state index in [1.807, 2.05) is 44.2 Å².